The lowest BCUT2D eigenvalue weighted by Gasteiger charge is -2.37. The lowest BCUT2D eigenvalue weighted by Crippen LogP contribution is -2.55. The molecule has 3 heterocycles. The Balaban J connectivity index is 1.54. The lowest BCUT2D eigenvalue weighted by atomic mass is 10.0. The van der Waals surface area contributed by atoms with Crippen LogP contribution in [0.25, 0.3) is 0 Å². The maximum Gasteiger partial charge on any atom is 0.239 e. The molecule has 20 heavy (non-hydrogen) atoms. The Hall–Kier alpha value is -1.62. The highest BCUT2D eigenvalue weighted by molar-refractivity contribution is 5.82. The normalized spacial score (nSPS) is 23.7. The first-order valence-corrected chi connectivity index (χ1v) is 7.53. The van der Waals surface area contributed by atoms with Crippen molar-refractivity contribution in [1.29, 1.82) is 0 Å². The van der Waals surface area contributed by atoms with Crippen LogP contribution in [-0.2, 0) is 4.79 Å². The van der Waals surface area contributed by atoms with Crippen molar-refractivity contribution in [3.63, 3.8) is 0 Å². The molecule has 108 valence electrons. The summed E-state index contributed by atoms with van der Waals surface area (Å²) in [6.07, 6.45) is 5.16. The minimum atomic E-state index is 0.0464. The van der Waals surface area contributed by atoms with Gasteiger partial charge in [0.1, 0.15) is 5.82 Å². The molecule has 1 aromatic heterocycles. The Morgan fingerprint density at radius 3 is 2.70 bits per heavy atom. The minimum absolute atomic E-state index is 0.0464. The second-order valence-corrected chi connectivity index (χ2v) is 5.50. The fourth-order valence-electron chi connectivity index (χ4n) is 2.98. The quantitative estimate of drug-likeness (QED) is 0.869. The van der Waals surface area contributed by atoms with Crippen molar-refractivity contribution in [1.82, 2.24) is 15.2 Å². The molecular formula is C15H22N4O. The van der Waals surface area contributed by atoms with Gasteiger partial charge >= 0.3 is 0 Å². The molecule has 0 bridgehead atoms. The second kappa shape index (κ2) is 6.22. The number of hydrogen-bond acceptors (Lipinski definition) is 4. The predicted octanol–water partition coefficient (Wildman–Crippen LogP) is 0.872. The van der Waals surface area contributed by atoms with Gasteiger partial charge in [-0.05, 0) is 31.5 Å². The van der Waals surface area contributed by atoms with Crippen LogP contribution in [-0.4, -0.2) is 54.6 Å². The van der Waals surface area contributed by atoms with Gasteiger partial charge in [0.05, 0.1) is 6.04 Å². The van der Waals surface area contributed by atoms with E-state index < -0.39 is 0 Å². The molecule has 0 unspecified atom stereocenters. The van der Waals surface area contributed by atoms with Crippen molar-refractivity contribution in [2.75, 3.05) is 37.6 Å². The van der Waals surface area contributed by atoms with Gasteiger partial charge in [-0.1, -0.05) is 12.5 Å². The first-order chi connectivity index (χ1) is 9.84. The molecule has 0 saturated carbocycles. The number of nitrogens with one attached hydrogen (secondary N) is 1. The number of carbonyl (C=O) groups is 1. The zero-order valence-electron chi connectivity index (χ0n) is 11.8. The van der Waals surface area contributed by atoms with Gasteiger partial charge in [-0.2, -0.15) is 0 Å². The first kappa shape index (κ1) is 13.4. The molecule has 2 aliphatic rings. The van der Waals surface area contributed by atoms with Gasteiger partial charge in [0.2, 0.25) is 5.91 Å². The Morgan fingerprint density at radius 2 is 2.05 bits per heavy atom. The summed E-state index contributed by atoms with van der Waals surface area (Å²) in [5, 5.41) is 3.34. The van der Waals surface area contributed by atoms with Crippen LogP contribution in [0.3, 0.4) is 0 Å². The topological polar surface area (TPSA) is 48.5 Å². The van der Waals surface area contributed by atoms with E-state index in [4.69, 9.17) is 0 Å². The van der Waals surface area contributed by atoms with Gasteiger partial charge in [-0.25, -0.2) is 4.98 Å². The molecule has 2 saturated heterocycles. The van der Waals surface area contributed by atoms with Gasteiger partial charge in [0, 0.05) is 32.4 Å². The molecule has 2 fully saturated rings. The van der Waals surface area contributed by atoms with E-state index in [1.165, 1.54) is 6.42 Å². The second-order valence-electron chi connectivity index (χ2n) is 5.50. The number of rotatable bonds is 2. The van der Waals surface area contributed by atoms with E-state index in [9.17, 15) is 4.79 Å². The number of nitrogens with zero attached hydrogens (tertiary/aromatic N) is 3. The Morgan fingerprint density at radius 1 is 1.20 bits per heavy atom. The van der Waals surface area contributed by atoms with Gasteiger partial charge in [0.15, 0.2) is 0 Å². The standard InChI is InChI=1S/C15H22N4O/c20-15(13-5-1-3-7-16-13)19-11-9-18(10-12-19)14-6-2-4-8-17-14/h2,4,6,8,13,16H,1,3,5,7,9-12H2/t13-/m1/s1. The van der Waals surface area contributed by atoms with Crippen molar-refractivity contribution in [3.8, 4) is 0 Å². The molecule has 2 aliphatic heterocycles. The fraction of sp³-hybridized carbons (Fsp3) is 0.600. The van der Waals surface area contributed by atoms with E-state index in [0.717, 1.165) is 51.4 Å². The largest absolute Gasteiger partial charge is 0.353 e. The van der Waals surface area contributed by atoms with E-state index >= 15 is 0 Å². The molecule has 0 aromatic carbocycles. The number of aromatic nitrogens is 1. The number of anilines is 1. The summed E-state index contributed by atoms with van der Waals surface area (Å²) in [4.78, 5) is 21.0. The van der Waals surface area contributed by atoms with Crippen LogP contribution in [0.1, 0.15) is 19.3 Å². The molecule has 3 rings (SSSR count). The summed E-state index contributed by atoms with van der Waals surface area (Å²) in [6, 6.07) is 6.01. The summed E-state index contributed by atoms with van der Waals surface area (Å²) in [5.41, 5.74) is 0. The number of piperazine rings is 1. The van der Waals surface area contributed by atoms with E-state index in [-0.39, 0.29) is 11.9 Å². The molecule has 0 radical (unpaired) electrons. The summed E-state index contributed by atoms with van der Waals surface area (Å²) < 4.78 is 0. The van der Waals surface area contributed by atoms with E-state index in [2.05, 4.69) is 15.2 Å². The van der Waals surface area contributed by atoms with Crippen molar-refractivity contribution in [3.05, 3.63) is 24.4 Å². The number of hydrogen-bond donors (Lipinski definition) is 1. The molecule has 0 spiro atoms. The van der Waals surface area contributed by atoms with Crippen LogP contribution in [0.5, 0.6) is 0 Å². The predicted molar refractivity (Wildman–Crippen MR) is 78.7 cm³/mol. The number of pyridine rings is 1. The Labute approximate surface area is 120 Å². The average Bonchev–Trinajstić information content (AvgIpc) is 2.56. The molecular weight excluding hydrogens is 252 g/mol. The molecule has 5 heteroatoms. The zero-order chi connectivity index (χ0) is 13.8. The molecule has 1 N–H and O–H groups in total. The maximum absolute atomic E-state index is 12.4. The maximum atomic E-state index is 12.4. The monoisotopic (exact) mass is 274 g/mol. The fourth-order valence-corrected chi connectivity index (χ4v) is 2.98. The minimum Gasteiger partial charge on any atom is -0.353 e. The molecule has 1 atom stereocenters. The summed E-state index contributed by atoms with van der Waals surface area (Å²) in [5.74, 6) is 1.29. The van der Waals surface area contributed by atoms with E-state index in [1.54, 1.807) is 0 Å². The van der Waals surface area contributed by atoms with Crippen molar-refractivity contribution in [2.24, 2.45) is 0 Å². The Kier molecular flexibility index (Phi) is 4.16. The average molecular weight is 274 g/mol. The van der Waals surface area contributed by atoms with Crippen molar-refractivity contribution < 1.29 is 4.79 Å². The highest BCUT2D eigenvalue weighted by Crippen LogP contribution is 2.15. The van der Waals surface area contributed by atoms with Gasteiger partial charge in [-0.3, -0.25) is 4.79 Å². The highest BCUT2D eigenvalue weighted by Gasteiger charge is 2.28. The summed E-state index contributed by atoms with van der Waals surface area (Å²) >= 11 is 0. The van der Waals surface area contributed by atoms with E-state index in [1.807, 2.05) is 29.3 Å². The van der Waals surface area contributed by atoms with Crippen LogP contribution >= 0.6 is 0 Å². The molecule has 5 nitrogen and oxygen atoms in total. The van der Waals surface area contributed by atoms with Crippen LogP contribution in [0.15, 0.2) is 24.4 Å². The van der Waals surface area contributed by atoms with Crippen molar-refractivity contribution in [2.45, 2.75) is 25.3 Å². The number of amides is 1. The third-order valence-corrected chi connectivity index (χ3v) is 4.17. The zero-order valence-corrected chi connectivity index (χ0v) is 11.8. The molecule has 0 aliphatic carbocycles. The summed E-state index contributed by atoms with van der Waals surface area (Å²) in [6.45, 7) is 4.32. The van der Waals surface area contributed by atoms with Crippen molar-refractivity contribution >= 4 is 11.7 Å². The highest BCUT2D eigenvalue weighted by atomic mass is 16.2. The van der Waals surface area contributed by atoms with Crippen LogP contribution in [0.2, 0.25) is 0 Å². The summed E-state index contributed by atoms with van der Waals surface area (Å²) in [7, 11) is 0. The smallest absolute Gasteiger partial charge is 0.239 e. The van der Waals surface area contributed by atoms with Gasteiger partial charge in [0.25, 0.3) is 0 Å². The van der Waals surface area contributed by atoms with Crippen LogP contribution in [0, 0.1) is 0 Å². The van der Waals surface area contributed by atoms with Crippen LogP contribution < -0.4 is 10.2 Å². The molecule has 1 amide bonds. The first-order valence-electron chi connectivity index (χ1n) is 7.53. The number of carbonyl (C=O) groups excluding carboxylic acids is 1. The van der Waals surface area contributed by atoms with E-state index in [0.29, 0.717) is 0 Å². The van der Waals surface area contributed by atoms with Crippen LogP contribution in [0.4, 0.5) is 5.82 Å². The van der Waals surface area contributed by atoms with Gasteiger partial charge < -0.3 is 15.1 Å². The molecule has 1 aromatic rings. The SMILES string of the molecule is O=C([C@H]1CCCCN1)N1CCN(c2ccccn2)CC1. The third-order valence-electron chi connectivity index (χ3n) is 4.17. The number of piperidine rings is 1. The lowest BCUT2D eigenvalue weighted by molar-refractivity contribution is -0.134. The van der Waals surface area contributed by atoms with Gasteiger partial charge in [-0.15, -0.1) is 0 Å². The Bertz CT molecular complexity index is 436. The third kappa shape index (κ3) is 2.93.